The Balaban J connectivity index is 2.72. The second-order valence-electron chi connectivity index (χ2n) is 3.99. The number of carbonyl (C=O) groups is 1. The van der Waals surface area contributed by atoms with E-state index in [9.17, 15) is 4.79 Å². The number of carbonyl (C=O) groups excluding carboxylic acids is 1. The highest BCUT2D eigenvalue weighted by Gasteiger charge is 2.11. The molecule has 0 bridgehead atoms. The Bertz CT molecular complexity index is 410. The first-order valence-electron chi connectivity index (χ1n) is 5.67. The molecule has 1 rings (SSSR count). The summed E-state index contributed by atoms with van der Waals surface area (Å²) in [4.78, 5) is 13.4. The quantitative estimate of drug-likeness (QED) is 0.717. The molecule has 18 heavy (non-hydrogen) atoms. The highest BCUT2D eigenvalue weighted by molar-refractivity contribution is 6.34. The molecule has 0 saturated carbocycles. The lowest BCUT2D eigenvalue weighted by Crippen LogP contribution is -2.30. The first kappa shape index (κ1) is 14.6. The van der Waals surface area contributed by atoms with Gasteiger partial charge in [-0.2, -0.15) is 0 Å². The summed E-state index contributed by atoms with van der Waals surface area (Å²) >= 11 is 6.09. The summed E-state index contributed by atoms with van der Waals surface area (Å²) in [6.07, 6.45) is 0.531. The van der Waals surface area contributed by atoms with E-state index in [0.717, 1.165) is 5.69 Å². The van der Waals surface area contributed by atoms with Crippen molar-refractivity contribution in [2.45, 2.75) is 6.42 Å². The average Bonchev–Trinajstić information content (AvgIpc) is 2.28. The Hall–Kier alpha value is -1.46. The number of nitrogens with one attached hydrogen (secondary N) is 2. The van der Waals surface area contributed by atoms with Gasteiger partial charge in [0.05, 0.1) is 16.4 Å². The lowest BCUT2D eigenvalue weighted by Gasteiger charge is -2.19. The minimum absolute atomic E-state index is 0.0559. The molecule has 6 heteroatoms. The van der Waals surface area contributed by atoms with E-state index < -0.39 is 0 Å². The van der Waals surface area contributed by atoms with Gasteiger partial charge in [-0.15, -0.1) is 0 Å². The Morgan fingerprint density at radius 2 is 2.17 bits per heavy atom. The first-order chi connectivity index (χ1) is 8.56. The lowest BCUT2D eigenvalue weighted by atomic mass is 10.2. The molecule has 1 aromatic carbocycles. The average molecular weight is 272 g/mol. The molecule has 0 aliphatic carbocycles. The fourth-order valence-corrected chi connectivity index (χ4v) is 1.86. The van der Waals surface area contributed by atoms with Gasteiger partial charge in [0.1, 0.15) is 0 Å². The van der Waals surface area contributed by atoms with Gasteiger partial charge in [0.2, 0.25) is 0 Å². The van der Waals surface area contributed by atoms with Crippen molar-refractivity contribution in [2.75, 3.05) is 37.5 Å². The van der Waals surface area contributed by atoms with Crippen molar-refractivity contribution < 1.29 is 9.90 Å². The molecule has 0 radical (unpaired) electrons. The van der Waals surface area contributed by atoms with E-state index in [1.165, 1.54) is 0 Å². The van der Waals surface area contributed by atoms with Crippen molar-refractivity contribution in [3.63, 3.8) is 0 Å². The molecule has 0 aromatic heterocycles. The zero-order valence-electron chi connectivity index (χ0n) is 10.5. The van der Waals surface area contributed by atoms with E-state index >= 15 is 0 Å². The van der Waals surface area contributed by atoms with Crippen molar-refractivity contribution in [1.82, 2.24) is 5.32 Å². The van der Waals surface area contributed by atoms with E-state index in [1.54, 1.807) is 18.2 Å². The van der Waals surface area contributed by atoms with Gasteiger partial charge in [0, 0.05) is 27.2 Å². The molecule has 0 fully saturated rings. The van der Waals surface area contributed by atoms with Crippen LogP contribution in [0.5, 0.6) is 0 Å². The number of anilines is 2. The van der Waals surface area contributed by atoms with Crippen LogP contribution in [0.3, 0.4) is 0 Å². The normalized spacial score (nSPS) is 10.0. The Kier molecular flexibility index (Phi) is 5.74. The summed E-state index contributed by atoms with van der Waals surface area (Å²) in [6.45, 7) is 0.487. The second-order valence-corrected chi connectivity index (χ2v) is 4.40. The van der Waals surface area contributed by atoms with Crippen LogP contribution in [0.15, 0.2) is 18.2 Å². The van der Waals surface area contributed by atoms with Crippen LogP contribution >= 0.6 is 11.6 Å². The van der Waals surface area contributed by atoms with Crippen LogP contribution in [0, 0.1) is 0 Å². The number of halogens is 1. The van der Waals surface area contributed by atoms with Crippen molar-refractivity contribution in [3.05, 3.63) is 23.2 Å². The maximum absolute atomic E-state index is 11.6. The number of rotatable bonds is 5. The minimum Gasteiger partial charge on any atom is -0.396 e. The number of para-hydroxylation sites is 1. The third kappa shape index (κ3) is 4.09. The number of aliphatic hydroxyl groups excluding tert-OH is 1. The monoisotopic (exact) mass is 271 g/mol. The summed E-state index contributed by atoms with van der Waals surface area (Å²) in [7, 11) is 3.71. The molecule has 100 valence electrons. The topological polar surface area (TPSA) is 64.6 Å². The van der Waals surface area contributed by atoms with Crippen molar-refractivity contribution in [1.29, 1.82) is 0 Å². The third-order valence-electron chi connectivity index (χ3n) is 2.30. The largest absolute Gasteiger partial charge is 0.396 e. The number of amides is 2. The molecule has 0 unspecified atom stereocenters. The third-order valence-corrected chi connectivity index (χ3v) is 2.61. The molecule has 2 amide bonds. The number of urea groups is 1. The highest BCUT2D eigenvalue weighted by atomic mass is 35.5. The maximum Gasteiger partial charge on any atom is 0.319 e. The van der Waals surface area contributed by atoms with Gasteiger partial charge in [0.25, 0.3) is 0 Å². The molecule has 3 N–H and O–H groups in total. The summed E-state index contributed by atoms with van der Waals surface area (Å²) in [5, 5.41) is 14.6. The van der Waals surface area contributed by atoms with Crippen molar-refractivity contribution >= 4 is 29.0 Å². The Morgan fingerprint density at radius 3 is 2.78 bits per heavy atom. The number of aliphatic hydroxyl groups is 1. The SMILES string of the molecule is CN(C)c1c(Cl)cccc1NC(=O)NCCCO. The first-order valence-corrected chi connectivity index (χ1v) is 6.05. The number of hydrogen-bond acceptors (Lipinski definition) is 3. The van der Waals surface area contributed by atoms with Crippen molar-refractivity contribution in [3.8, 4) is 0 Å². The Morgan fingerprint density at radius 1 is 1.44 bits per heavy atom. The van der Waals surface area contributed by atoms with Crippen LogP contribution in [-0.2, 0) is 0 Å². The molecular formula is C12H18ClN3O2. The predicted octanol–water partition coefficient (Wildman–Crippen LogP) is 1.91. The van der Waals surface area contributed by atoms with E-state index in [4.69, 9.17) is 16.7 Å². The van der Waals surface area contributed by atoms with Crippen LogP contribution in [-0.4, -0.2) is 38.4 Å². The van der Waals surface area contributed by atoms with Gasteiger partial charge in [-0.1, -0.05) is 17.7 Å². The van der Waals surface area contributed by atoms with Gasteiger partial charge in [-0.05, 0) is 18.6 Å². The van der Waals surface area contributed by atoms with Gasteiger partial charge >= 0.3 is 6.03 Å². The summed E-state index contributed by atoms with van der Waals surface area (Å²) in [5.74, 6) is 0. The van der Waals surface area contributed by atoms with Gasteiger partial charge in [-0.25, -0.2) is 4.79 Å². The number of nitrogens with zero attached hydrogens (tertiary/aromatic N) is 1. The molecule has 5 nitrogen and oxygen atoms in total. The van der Waals surface area contributed by atoms with Crippen LogP contribution in [0.1, 0.15) is 6.42 Å². The van der Waals surface area contributed by atoms with Gasteiger partial charge in [0.15, 0.2) is 0 Å². The highest BCUT2D eigenvalue weighted by Crippen LogP contribution is 2.32. The standard InChI is InChI=1S/C12H18ClN3O2/c1-16(2)11-9(13)5-3-6-10(11)15-12(18)14-7-4-8-17/h3,5-6,17H,4,7-8H2,1-2H3,(H2,14,15,18). The van der Waals surface area contributed by atoms with Crippen molar-refractivity contribution in [2.24, 2.45) is 0 Å². The van der Waals surface area contributed by atoms with Crippen LogP contribution in [0.4, 0.5) is 16.2 Å². The summed E-state index contributed by atoms with van der Waals surface area (Å²) in [6, 6.07) is 5.02. The lowest BCUT2D eigenvalue weighted by molar-refractivity contribution is 0.249. The molecule has 0 atom stereocenters. The fraction of sp³-hybridized carbons (Fsp3) is 0.417. The van der Waals surface area contributed by atoms with Crippen LogP contribution in [0.25, 0.3) is 0 Å². The zero-order valence-corrected chi connectivity index (χ0v) is 11.3. The molecule has 0 heterocycles. The maximum atomic E-state index is 11.6. The molecule has 1 aromatic rings. The molecule has 0 aliphatic heterocycles. The van der Waals surface area contributed by atoms with Gasteiger partial charge < -0.3 is 20.6 Å². The predicted molar refractivity (Wildman–Crippen MR) is 74.5 cm³/mol. The van der Waals surface area contributed by atoms with E-state index in [0.29, 0.717) is 23.7 Å². The van der Waals surface area contributed by atoms with Crippen LogP contribution < -0.4 is 15.5 Å². The molecular weight excluding hydrogens is 254 g/mol. The summed E-state index contributed by atoms with van der Waals surface area (Å²) < 4.78 is 0. The number of benzene rings is 1. The van der Waals surface area contributed by atoms with E-state index in [1.807, 2.05) is 19.0 Å². The van der Waals surface area contributed by atoms with Gasteiger partial charge in [-0.3, -0.25) is 0 Å². The fourth-order valence-electron chi connectivity index (χ4n) is 1.52. The van der Waals surface area contributed by atoms with Crippen LogP contribution in [0.2, 0.25) is 5.02 Å². The molecule has 0 saturated heterocycles. The minimum atomic E-state index is -0.311. The smallest absolute Gasteiger partial charge is 0.319 e. The molecule has 0 aliphatic rings. The number of hydrogen-bond donors (Lipinski definition) is 3. The summed E-state index contributed by atoms with van der Waals surface area (Å²) in [5.41, 5.74) is 1.41. The Labute approximate surface area is 112 Å². The molecule has 0 spiro atoms. The zero-order chi connectivity index (χ0) is 13.5. The van der Waals surface area contributed by atoms with E-state index in [2.05, 4.69) is 10.6 Å². The second kappa shape index (κ2) is 7.08. The van der Waals surface area contributed by atoms with E-state index in [-0.39, 0.29) is 12.6 Å².